The highest BCUT2D eigenvalue weighted by atomic mass is 32.1. The Hall–Kier alpha value is -2.59. The van der Waals surface area contributed by atoms with Gasteiger partial charge in [0, 0.05) is 22.2 Å². The smallest absolute Gasteiger partial charge is 0.248 e. The largest absolute Gasteiger partial charge is 0.465 e. The average molecular weight is 295 g/mol. The van der Waals surface area contributed by atoms with Gasteiger partial charge in [-0.2, -0.15) is 0 Å². The zero-order valence-electron chi connectivity index (χ0n) is 11.2. The van der Waals surface area contributed by atoms with Crippen LogP contribution in [0, 0.1) is 0 Å². The molecule has 3 nitrogen and oxygen atoms in total. The van der Waals surface area contributed by atoms with Gasteiger partial charge in [0.25, 0.3) is 0 Å². The topological polar surface area (TPSA) is 42.2 Å². The molecule has 104 valence electrons. The summed E-state index contributed by atoms with van der Waals surface area (Å²) >= 11 is 1.64. The first-order valence-corrected chi connectivity index (χ1v) is 7.36. The fourth-order valence-electron chi connectivity index (χ4n) is 1.96. The zero-order chi connectivity index (χ0) is 14.5. The van der Waals surface area contributed by atoms with Crippen LogP contribution >= 0.6 is 11.3 Å². The van der Waals surface area contributed by atoms with Crippen molar-refractivity contribution in [2.45, 2.75) is 0 Å². The maximum absolute atomic E-state index is 12.0. The van der Waals surface area contributed by atoms with Crippen molar-refractivity contribution >= 4 is 29.0 Å². The third-order valence-electron chi connectivity index (χ3n) is 2.91. The number of para-hydroxylation sites is 1. The molecule has 0 spiro atoms. The van der Waals surface area contributed by atoms with Crippen LogP contribution in [0.25, 0.3) is 16.5 Å². The van der Waals surface area contributed by atoms with Gasteiger partial charge in [-0.25, -0.2) is 0 Å². The molecule has 1 aromatic carbocycles. The molecule has 0 aliphatic heterocycles. The quantitative estimate of drug-likeness (QED) is 0.711. The Morgan fingerprint density at radius 3 is 2.76 bits per heavy atom. The first-order valence-electron chi connectivity index (χ1n) is 6.48. The van der Waals surface area contributed by atoms with E-state index in [0.717, 1.165) is 16.1 Å². The monoisotopic (exact) mass is 295 g/mol. The first-order chi connectivity index (χ1) is 10.3. The standard InChI is InChI=1S/C17H13NO2S/c19-17(10-9-13-5-3-11-20-13)18-15-7-2-1-6-14(15)16-8-4-12-21-16/h1-12H,(H,18,19)/b10-9+. The number of hydrogen-bond donors (Lipinski definition) is 1. The normalized spacial score (nSPS) is 10.9. The van der Waals surface area contributed by atoms with Crippen LogP contribution in [-0.2, 0) is 4.79 Å². The van der Waals surface area contributed by atoms with Gasteiger partial charge in [-0.3, -0.25) is 4.79 Å². The Balaban J connectivity index is 1.77. The highest BCUT2D eigenvalue weighted by Crippen LogP contribution is 2.31. The van der Waals surface area contributed by atoms with Crippen LogP contribution in [0.1, 0.15) is 5.76 Å². The minimum Gasteiger partial charge on any atom is -0.465 e. The molecule has 2 aromatic heterocycles. The molecule has 2 heterocycles. The summed E-state index contributed by atoms with van der Waals surface area (Å²) in [6, 6.07) is 15.4. The van der Waals surface area contributed by atoms with Gasteiger partial charge in [0.1, 0.15) is 5.76 Å². The predicted molar refractivity (Wildman–Crippen MR) is 86.1 cm³/mol. The summed E-state index contributed by atoms with van der Waals surface area (Å²) in [6.07, 6.45) is 4.68. The molecule has 3 rings (SSSR count). The Kier molecular flexibility index (Phi) is 3.98. The van der Waals surface area contributed by atoms with Crippen molar-refractivity contribution in [1.29, 1.82) is 0 Å². The summed E-state index contributed by atoms with van der Waals surface area (Å²) in [4.78, 5) is 13.1. The molecule has 4 heteroatoms. The second-order valence-corrected chi connectivity index (χ2v) is 5.31. The van der Waals surface area contributed by atoms with Crippen LogP contribution in [0.2, 0.25) is 0 Å². The Morgan fingerprint density at radius 2 is 2.00 bits per heavy atom. The van der Waals surface area contributed by atoms with Crippen LogP contribution in [0.5, 0.6) is 0 Å². The molecule has 21 heavy (non-hydrogen) atoms. The summed E-state index contributed by atoms with van der Waals surface area (Å²) in [5.74, 6) is 0.465. The van der Waals surface area contributed by atoms with Crippen molar-refractivity contribution in [2.75, 3.05) is 5.32 Å². The summed E-state index contributed by atoms with van der Waals surface area (Å²) < 4.78 is 5.15. The Bertz CT molecular complexity index is 743. The number of furan rings is 1. The minimum atomic E-state index is -0.185. The predicted octanol–water partition coefficient (Wildman–Crippen LogP) is 4.66. The van der Waals surface area contributed by atoms with E-state index in [4.69, 9.17) is 4.42 Å². The third-order valence-corrected chi connectivity index (χ3v) is 3.82. The van der Waals surface area contributed by atoms with E-state index in [1.807, 2.05) is 41.8 Å². The van der Waals surface area contributed by atoms with E-state index in [1.54, 1.807) is 35.8 Å². The zero-order valence-corrected chi connectivity index (χ0v) is 12.0. The lowest BCUT2D eigenvalue weighted by Gasteiger charge is -2.08. The molecule has 3 aromatic rings. The van der Waals surface area contributed by atoms with Crippen LogP contribution < -0.4 is 5.32 Å². The Morgan fingerprint density at radius 1 is 1.10 bits per heavy atom. The third kappa shape index (κ3) is 3.30. The number of anilines is 1. The van der Waals surface area contributed by atoms with E-state index >= 15 is 0 Å². The summed E-state index contributed by atoms with van der Waals surface area (Å²) in [6.45, 7) is 0. The maximum Gasteiger partial charge on any atom is 0.248 e. The van der Waals surface area contributed by atoms with Gasteiger partial charge in [-0.1, -0.05) is 24.3 Å². The molecule has 1 amide bonds. The van der Waals surface area contributed by atoms with Gasteiger partial charge in [-0.05, 0) is 35.7 Å². The molecule has 0 unspecified atom stereocenters. The van der Waals surface area contributed by atoms with Crippen molar-refractivity contribution in [1.82, 2.24) is 0 Å². The fourth-order valence-corrected chi connectivity index (χ4v) is 2.72. The highest BCUT2D eigenvalue weighted by molar-refractivity contribution is 7.13. The second kappa shape index (κ2) is 6.24. The van der Waals surface area contributed by atoms with E-state index in [-0.39, 0.29) is 5.91 Å². The number of nitrogens with one attached hydrogen (secondary N) is 1. The van der Waals surface area contributed by atoms with Crippen LogP contribution in [0.15, 0.2) is 70.7 Å². The van der Waals surface area contributed by atoms with E-state index in [1.165, 1.54) is 6.08 Å². The van der Waals surface area contributed by atoms with Crippen molar-refractivity contribution in [2.24, 2.45) is 0 Å². The molecule has 0 saturated carbocycles. The molecule has 0 saturated heterocycles. The maximum atomic E-state index is 12.0. The average Bonchev–Trinajstić information content (AvgIpc) is 3.19. The lowest BCUT2D eigenvalue weighted by Crippen LogP contribution is -2.08. The molecule has 0 fully saturated rings. The SMILES string of the molecule is O=C(/C=C/c1ccco1)Nc1ccccc1-c1cccs1. The molecule has 1 N–H and O–H groups in total. The number of hydrogen-bond acceptors (Lipinski definition) is 3. The van der Waals surface area contributed by atoms with Crippen molar-refractivity contribution in [3.05, 3.63) is 72.0 Å². The van der Waals surface area contributed by atoms with E-state index in [2.05, 4.69) is 5.32 Å². The molecular weight excluding hydrogens is 282 g/mol. The summed E-state index contributed by atoms with van der Waals surface area (Å²) in [5.41, 5.74) is 1.82. The first kappa shape index (κ1) is 13.4. The molecule has 0 aliphatic carbocycles. The molecule has 0 atom stereocenters. The van der Waals surface area contributed by atoms with Gasteiger partial charge in [0.15, 0.2) is 0 Å². The molecule has 0 aliphatic rings. The summed E-state index contributed by atoms with van der Waals surface area (Å²) in [5, 5.41) is 4.92. The molecule has 0 bridgehead atoms. The van der Waals surface area contributed by atoms with Crippen molar-refractivity contribution < 1.29 is 9.21 Å². The second-order valence-electron chi connectivity index (χ2n) is 4.36. The van der Waals surface area contributed by atoms with Gasteiger partial charge in [0.05, 0.1) is 6.26 Å². The highest BCUT2D eigenvalue weighted by Gasteiger charge is 2.07. The van der Waals surface area contributed by atoms with Gasteiger partial charge in [-0.15, -0.1) is 11.3 Å². The number of carbonyl (C=O) groups excluding carboxylic acids is 1. The van der Waals surface area contributed by atoms with E-state index < -0.39 is 0 Å². The van der Waals surface area contributed by atoms with Crippen LogP contribution in [0.4, 0.5) is 5.69 Å². The van der Waals surface area contributed by atoms with Crippen molar-refractivity contribution in [3.8, 4) is 10.4 Å². The van der Waals surface area contributed by atoms with E-state index in [0.29, 0.717) is 5.76 Å². The lowest BCUT2D eigenvalue weighted by atomic mass is 10.1. The van der Waals surface area contributed by atoms with Gasteiger partial charge < -0.3 is 9.73 Å². The fraction of sp³-hybridized carbons (Fsp3) is 0. The van der Waals surface area contributed by atoms with Gasteiger partial charge in [0.2, 0.25) is 5.91 Å². The number of rotatable bonds is 4. The Labute approximate surface area is 126 Å². The number of amides is 1. The molecular formula is C17H13NO2S. The lowest BCUT2D eigenvalue weighted by molar-refractivity contribution is -0.111. The van der Waals surface area contributed by atoms with Crippen LogP contribution in [-0.4, -0.2) is 5.91 Å². The van der Waals surface area contributed by atoms with Gasteiger partial charge >= 0.3 is 0 Å². The van der Waals surface area contributed by atoms with Crippen molar-refractivity contribution in [3.63, 3.8) is 0 Å². The van der Waals surface area contributed by atoms with E-state index in [9.17, 15) is 4.79 Å². The van der Waals surface area contributed by atoms with Crippen LogP contribution in [0.3, 0.4) is 0 Å². The number of carbonyl (C=O) groups is 1. The summed E-state index contributed by atoms with van der Waals surface area (Å²) in [7, 11) is 0. The molecule has 0 radical (unpaired) electrons. The number of thiophene rings is 1. The minimum absolute atomic E-state index is 0.185. The number of benzene rings is 1.